The summed E-state index contributed by atoms with van der Waals surface area (Å²) in [6, 6.07) is 16.0. The second-order valence-corrected chi connectivity index (χ2v) is 4.78. The molecule has 4 heteroatoms. The van der Waals surface area contributed by atoms with Crippen molar-refractivity contribution in [3.05, 3.63) is 54.9 Å². The van der Waals surface area contributed by atoms with Crippen molar-refractivity contribution in [1.82, 2.24) is 9.97 Å². The minimum atomic E-state index is 0.541. The SMILES string of the molecule is CCCNc1cc(Oc2ccc3ccccc3c2)ncn1. The minimum absolute atomic E-state index is 0.541. The summed E-state index contributed by atoms with van der Waals surface area (Å²) in [6.07, 6.45) is 2.55. The van der Waals surface area contributed by atoms with Gasteiger partial charge in [0, 0.05) is 12.6 Å². The Morgan fingerprint density at radius 3 is 2.71 bits per heavy atom. The average molecular weight is 279 g/mol. The van der Waals surface area contributed by atoms with Crippen molar-refractivity contribution in [3.63, 3.8) is 0 Å². The maximum atomic E-state index is 5.82. The Kier molecular flexibility index (Phi) is 3.96. The van der Waals surface area contributed by atoms with Crippen molar-refractivity contribution in [2.24, 2.45) is 0 Å². The summed E-state index contributed by atoms with van der Waals surface area (Å²) in [5.74, 6) is 2.09. The van der Waals surface area contributed by atoms with E-state index >= 15 is 0 Å². The molecule has 0 aliphatic heterocycles. The van der Waals surface area contributed by atoms with E-state index in [-0.39, 0.29) is 0 Å². The number of hydrogen-bond acceptors (Lipinski definition) is 4. The largest absolute Gasteiger partial charge is 0.439 e. The maximum Gasteiger partial charge on any atom is 0.224 e. The zero-order valence-electron chi connectivity index (χ0n) is 11.9. The Hall–Kier alpha value is -2.62. The van der Waals surface area contributed by atoms with Gasteiger partial charge in [-0.05, 0) is 29.3 Å². The smallest absolute Gasteiger partial charge is 0.224 e. The van der Waals surface area contributed by atoms with E-state index in [0.29, 0.717) is 5.88 Å². The molecular formula is C17H17N3O. The molecule has 0 fully saturated rings. The number of anilines is 1. The molecule has 0 radical (unpaired) electrons. The molecule has 1 N–H and O–H groups in total. The first kappa shape index (κ1) is 13.4. The predicted octanol–water partition coefficient (Wildman–Crippen LogP) is 4.24. The lowest BCUT2D eigenvalue weighted by Gasteiger charge is -2.08. The lowest BCUT2D eigenvalue weighted by Crippen LogP contribution is -2.02. The molecule has 1 heterocycles. The van der Waals surface area contributed by atoms with E-state index in [1.54, 1.807) is 0 Å². The van der Waals surface area contributed by atoms with Crippen LogP contribution >= 0.6 is 0 Å². The third-order valence-corrected chi connectivity index (χ3v) is 3.14. The quantitative estimate of drug-likeness (QED) is 0.758. The van der Waals surface area contributed by atoms with Crippen molar-refractivity contribution in [2.45, 2.75) is 13.3 Å². The van der Waals surface area contributed by atoms with E-state index in [4.69, 9.17) is 4.74 Å². The van der Waals surface area contributed by atoms with Gasteiger partial charge in [-0.1, -0.05) is 37.3 Å². The molecule has 0 unspecified atom stereocenters. The van der Waals surface area contributed by atoms with Crippen molar-refractivity contribution < 1.29 is 4.74 Å². The van der Waals surface area contributed by atoms with Crippen LogP contribution in [0.3, 0.4) is 0 Å². The molecule has 2 aromatic carbocycles. The average Bonchev–Trinajstić information content (AvgIpc) is 2.53. The second kappa shape index (κ2) is 6.22. The van der Waals surface area contributed by atoms with Crippen LogP contribution in [0.15, 0.2) is 54.9 Å². The third kappa shape index (κ3) is 3.28. The summed E-state index contributed by atoms with van der Waals surface area (Å²) in [7, 11) is 0. The van der Waals surface area contributed by atoms with E-state index in [2.05, 4.69) is 34.3 Å². The zero-order valence-corrected chi connectivity index (χ0v) is 11.9. The summed E-state index contributed by atoms with van der Waals surface area (Å²) in [5, 5.41) is 5.56. The summed E-state index contributed by atoms with van der Waals surface area (Å²) >= 11 is 0. The van der Waals surface area contributed by atoms with Crippen molar-refractivity contribution >= 4 is 16.6 Å². The first-order valence-corrected chi connectivity index (χ1v) is 7.08. The summed E-state index contributed by atoms with van der Waals surface area (Å²) in [4.78, 5) is 8.32. The lowest BCUT2D eigenvalue weighted by atomic mass is 10.1. The molecule has 3 aromatic rings. The van der Waals surface area contributed by atoms with E-state index in [9.17, 15) is 0 Å². The van der Waals surface area contributed by atoms with Gasteiger partial charge in [-0.2, -0.15) is 0 Å². The van der Waals surface area contributed by atoms with Gasteiger partial charge in [0.05, 0.1) is 0 Å². The molecule has 3 rings (SSSR count). The number of ether oxygens (including phenoxy) is 1. The molecule has 0 amide bonds. The van der Waals surface area contributed by atoms with Crippen molar-refractivity contribution in [2.75, 3.05) is 11.9 Å². The number of benzene rings is 2. The highest BCUT2D eigenvalue weighted by molar-refractivity contribution is 5.83. The third-order valence-electron chi connectivity index (χ3n) is 3.14. The normalized spacial score (nSPS) is 10.5. The molecule has 0 saturated carbocycles. The molecule has 0 atom stereocenters. The van der Waals surface area contributed by atoms with Gasteiger partial charge in [-0.15, -0.1) is 0 Å². The Balaban J connectivity index is 1.81. The number of nitrogens with one attached hydrogen (secondary N) is 1. The molecular weight excluding hydrogens is 262 g/mol. The van der Waals surface area contributed by atoms with Crippen LogP contribution in [0.4, 0.5) is 5.82 Å². The monoisotopic (exact) mass is 279 g/mol. The number of aromatic nitrogens is 2. The van der Waals surface area contributed by atoms with E-state index in [1.807, 2.05) is 36.4 Å². The van der Waals surface area contributed by atoms with E-state index in [1.165, 1.54) is 11.7 Å². The lowest BCUT2D eigenvalue weighted by molar-refractivity contribution is 0.462. The fraction of sp³-hybridized carbons (Fsp3) is 0.176. The summed E-state index contributed by atoms with van der Waals surface area (Å²) in [5.41, 5.74) is 0. The van der Waals surface area contributed by atoms with Gasteiger partial charge >= 0.3 is 0 Å². The summed E-state index contributed by atoms with van der Waals surface area (Å²) < 4.78 is 5.82. The maximum absolute atomic E-state index is 5.82. The first-order chi connectivity index (χ1) is 10.3. The van der Waals surface area contributed by atoms with E-state index < -0.39 is 0 Å². The van der Waals surface area contributed by atoms with Gasteiger partial charge in [0.25, 0.3) is 0 Å². The molecule has 0 spiro atoms. The van der Waals surface area contributed by atoms with E-state index in [0.717, 1.165) is 29.9 Å². The molecule has 4 nitrogen and oxygen atoms in total. The van der Waals surface area contributed by atoms with Crippen LogP contribution in [0.5, 0.6) is 11.6 Å². The zero-order chi connectivity index (χ0) is 14.5. The Labute approximate surface area is 123 Å². The molecule has 21 heavy (non-hydrogen) atoms. The summed E-state index contributed by atoms with van der Waals surface area (Å²) in [6.45, 7) is 2.99. The molecule has 0 aliphatic rings. The van der Waals surface area contributed by atoms with Gasteiger partial charge < -0.3 is 10.1 Å². The Morgan fingerprint density at radius 1 is 1.00 bits per heavy atom. The van der Waals surface area contributed by atoms with Crippen LogP contribution < -0.4 is 10.1 Å². The first-order valence-electron chi connectivity index (χ1n) is 7.08. The molecule has 1 aromatic heterocycles. The number of rotatable bonds is 5. The van der Waals surface area contributed by atoms with Gasteiger partial charge in [-0.25, -0.2) is 9.97 Å². The standard InChI is InChI=1S/C17H17N3O/c1-2-9-18-16-11-17(20-12-19-16)21-15-8-7-13-5-3-4-6-14(13)10-15/h3-8,10-12H,2,9H2,1H3,(H,18,19,20). The molecule has 0 aliphatic carbocycles. The van der Waals surface area contributed by atoms with Crippen LogP contribution in [-0.4, -0.2) is 16.5 Å². The second-order valence-electron chi connectivity index (χ2n) is 4.78. The van der Waals surface area contributed by atoms with Crippen molar-refractivity contribution in [3.8, 4) is 11.6 Å². The number of fused-ring (bicyclic) bond motifs is 1. The fourth-order valence-corrected chi connectivity index (χ4v) is 2.10. The van der Waals surface area contributed by atoms with Crippen LogP contribution in [0.1, 0.15) is 13.3 Å². The van der Waals surface area contributed by atoms with Gasteiger partial charge in [0.15, 0.2) is 0 Å². The fourth-order valence-electron chi connectivity index (χ4n) is 2.10. The predicted molar refractivity (Wildman–Crippen MR) is 84.8 cm³/mol. The van der Waals surface area contributed by atoms with Gasteiger partial charge in [0.1, 0.15) is 17.9 Å². The molecule has 0 bridgehead atoms. The Bertz CT molecular complexity index is 743. The van der Waals surface area contributed by atoms with Crippen LogP contribution in [0.25, 0.3) is 10.8 Å². The van der Waals surface area contributed by atoms with Crippen LogP contribution in [0, 0.1) is 0 Å². The number of hydrogen-bond donors (Lipinski definition) is 1. The highest BCUT2D eigenvalue weighted by Crippen LogP contribution is 2.25. The molecule has 106 valence electrons. The molecule has 0 saturated heterocycles. The highest BCUT2D eigenvalue weighted by Gasteiger charge is 2.02. The topological polar surface area (TPSA) is 47.0 Å². The van der Waals surface area contributed by atoms with Crippen LogP contribution in [0.2, 0.25) is 0 Å². The Morgan fingerprint density at radius 2 is 1.86 bits per heavy atom. The van der Waals surface area contributed by atoms with Gasteiger partial charge in [-0.3, -0.25) is 0 Å². The highest BCUT2D eigenvalue weighted by atomic mass is 16.5. The van der Waals surface area contributed by atoms with Crippen LogP contribution in [-0.2, 0) is 0 Å². The number of nitrogens with zero attached hydrogens (tertiary/aromatic N) is 2. The van der Waals surface area contributed by atoms with Crippen molar-refractivity contribution in [1.29, 1.82) is 0 Å². The van der Waals surface area contributed by atoms with Gasteiger partial charge in [0.2, 0.25) is 5.88 Å². The minimum Gasteiger partial charge on any atom is -0.439 e.